The zero-order chi connectivity index (χ0) is 19.6. The van der Waals surface area contributed by atoms with E-state index in [0.717, 1.165) is 5.56 Å². The molecule has 2 N–H and O–H groups in total. The van der Waals surface area contributed by atoms with Gasteiger partial charge in [-0.3, -0.25) is 14.4 Å². The number of benzene rings is 1. The number of carbonyl (C=O) groups is 3. The molecule has 0 aromatic heterocycles. The normalized spacial score (nSPS) is 12.0. The molecule has 0 spiro atoms. The van der Waals surface area contributed by atoms with E-state index in [1.165, 1.54) is 7.11 Å². The minimum atomic E-state index is -1.00. The highest BCUT2D eigenvalue weighted by molar-refractivity contribution is 5.85. The van der Waals surface area contributed by atoms with E-state index in [4.69, 9.17) is 9.57 Å². The highest BCUT2D eigenvalue weighted by atomic mass is 16.7. The summed E-state index contributed by atoms with van der Waals surface area (Å²) in [6, 6.07) is 8.27. The van der Waals surface area contributed by atoms with Gasteiger partial charge in [0.15, 0.2) is 0 Å². The molecule has 1 atom stereocenters. The molecule has 8 heteroatoms. The second-order valence-electron chi connectivity index (χ2n) is 6.55. The van der Waals surface area contributed by atoms with Crippen molar-refractivity contribution in [3.05, 3.63) is 35.9 Å². The van der Waals surface area contributed by atoms with Crippen LogP contribution in [0.3, 0.4) is 0 Å². The Morgan fingerprint density at radius 1 is 1.12 bits per heavy atom. The maximum Gasteiger partial charge on any atom is 0.408 e. The Labute approximate surface area is 153 Å². The topological polar surface area (TPSA) is 103 Å². The van der Waals surface area contributed by atoms with Gasteiger partial charge in [-0.25, -0.2) is 10.3 Å². The number of carbonyl (C=O) groups excluding carboxylic acids is 3. The third-order valence-electron chi connectivity index (χ3n) is 3.13. The fourth-order valence-corrected chi connectivity index (χ4v) is 1.92. The molecule has 26 heavy (non-hydrogen) atoms. The van der Waals surface area contributed by atoms with Crippen LogP contribution >= 0.6 is 0 Å². The highest BCUT2D eigenvalue weighted by Gasteiger charge is 2.25. The SMILES string of the molecule is COC(=O)CC[C@H](NC(=O)OC(C)(C)C)C(=O)NOCc1ccccc1. The number of rotatable bonds is 8. The first-order chi connectivity index (χ1) is 12.2. The van der Waals surface area contributed by atoms with E-state index < -0.39 is 29.6 Å². The maximum absolute atomic E-state index is 12.3. The predicted octanol–water partition coefficient (Wildman–Crippen LogP) is 2.08. The number of alkyl carbamates (subject to hydrolysis) is 1. The molecular formula is C18H26N2O6. The van der Waals surface area contributed by atoms with Gasteiger partial charge in [-0.2, -0.15) is 0 Å². The van der Waals surface area contributed by atoms with Gasteiger partial charge in [0.05, 0.1) is 13.7 Å². The molecular weight excluding hydrogens is 340 g/mol. The highest BCUT2D eigenvalue weighted by Crippen LogP contribution is 2.08. The Hall–Kier alpha value is -2.61. The number of hydroxylamine groups is 1. The Morgan fingerprint density at radius 2 is 1.77 bits per heavy atom. The van der Waals surface area contributed by atoms with Crippen molar-refractivity contribution in [2.45, 2.75) is 51.9 Å². The molecule has 2 amide bonds. The predicted molar refractivity (Wildman–Crippen MR) is 93.8 cm³/mol. The summed E-state index contributed by atoms with van der Waals surface area (Å²) in [4.78, 5) is 40.7. The van der Waals surface area contributed by atoms with Crippen LogP contribution in [0.1, 0.15) is 39.2 Å². The van der Waals surface area contributed by atoms with Gasteiger partial charge in [0.2, 0.25) is 0 Å². The van der Waals surface area contributed by atoms with Gasteiger partial charge in [0.25, 0.3) is 5.91 Å². The van der Waals surface area contributed by atoms with Crippen molar-refractivity contribution in [1.29, 1.82) is 0 Å². The molecule has 0 unspecified atom stereocenters. The van der Waals surface area contributed by atoms with Crippen LogP contribution in [0.2, 0.25) is 0 Å². The van der Waals surface area contributed by atoms with E-state index in [9.17, 15) is 14.4 Å². The molecule has 0 saturated heterocycles. The third-order valence-corrected chi connectivity index (χ3v) is 3.13. The Kier molecular flexibility index (Phi) is 8.57. The van der Waals surface area contributed by atoms with E-state index in [-0.39, 0.29) is 19.4 Å². The van der Waals surface area contributed by atoms with Crippen LogP contribution in [0.25, 0.3) is 0 Å². The fourth-order valence-electron chi connectivity index (χ4n) is 1.92. The minimum absolute atomic E-state index is 0.0386. The van der Waals surface area contributed by atoms with Crippen LogP contribution in [0, 0.1) is 0 Å². The number of amides is 2. The molecule has 1 rings (SSSR count). The summed E-state index contributed by atoms with van der Waals surface area (Å²) in [6.07, 6.45) is -0.749. The smallest absolute Gasteiger partial charge is 0.408 e. The van der Waals surface area contributed by atoms with E-state index in [1.807, 2.05) is 30.3 Å². The van der Waals surface area contributed by atoms with Crippen molar-refractivity contribution in [3.63, 3.8) is 0 Å². The summed E-state index contributed by atoms with van der Waals surface area (Å²) < 4.78 is 9.70. The van der Waals surface area contributed by atoms with Gasteiger partial charge in [0, 0.05) is 6.42 Å². The third kappa shape index (κ3) is 9.03. The van der Waals surface area contributed by atoms with Crippen LogP contribution in [0.5, 0.6) is 0 Å². The molecule has 0 saturated carbocycles. The zero-order valence-electron chi connectivity index (χ0n) is 15.5. The average Bonchev–Trinajstić information content (AvgIpc) is 2.57. The lowest BCUT2D eigenvalue weighted by atomic mass is 10.1. The van der Waals surface area contributed by atoms with Crippen molar-refractivity contribution < 1.29 is 28.7 Å². The van der Waals surface area contributed by atoms with Crippen LogP contribution in [-0.4, -0.2) is 36.7 Å². The van der Waals surface area contributed by atoms with Crippen molar-refractivity contribution in [1.82, 2.24) is 10.8 Å². The molecule has 0 fully saturated rings. The van der Waals surface area contributed by atoms with Gasteiger partial charge in [0.1, 0.15) is 11.6 Å². The summed E-state index contributed by atoms with van der Waals surface area (Å²) in [7, 11) is 1.25. The number of ether oxygens (including phenoxy) is 2. The van der Waals surface area contributed by atoms with Crippen LogP contribution in [0.4, 0.5) is 4.79 Å². The lowest BCUT2D eigenvalue weighted by Gasteiger charge is -2.23. The van der Waals surface area contributed by atoms with E-state index >= 15 is 0 Å². The zero-order valence-corrected chi connectivity index (χ0v) is 15.5. The largest absolute Gasteiger partial charge is 0.469 e. The summed E-state index contributed by atoms with van der Waals surface area (Å²) in [5.74, 6) is -1.07. The van der Waals surface area contributed by atoms with Crippen LogP contribution in [-0.2, 0) is 30.5 Å². The summed E-state index contributed by atoms with van der Waals surface area (Å²) in [6.45, 7) is 5.29. The Bertz CT molecular complexity index is 597. The first-order valence-corrected chi connectivity index (χ1v) is 8.23. The molecule has 1 aromatic carbocycles. The molecule has 0 bridgehead atoms. The van der Waals surface area contributed by atoms with E-state index in [1.54, 1.807) is 20.8 Å². The van der Waals surface area contributed by atoms with Crippen molar-refractivity contribution >= 4 is 18.0 Å². The summed E-state index contributed by atoms with van der Waals surface area (Å²) >= 11 is 0. The molecule has 0 radical (unpaired) electrons. The van der Waals surface area contributed by atoms with Crippen molar-refractivity contribution in [2.24, 2.45) is 0 Å². The average molecular weight is 366 g/mol. The fraction of sp³-hybridized carbons (Fsp3) is 0.500. The molecule has 1 aromatic rings. The first kappa shape index (κ1) is 21.4. The first-order valence-electron chi connectivity index (χ1n) is 8.23. The number of hydrogen-bond acceptors (Lipinski definition) is 6. The van der Waals surface area contributed by atoms with Crippen LogP contribution < -0.4 is 10.8 Å². The quantitative estimate of drug-likeness (QED) is 0.539. The molecule has 0 aliphatic carbocycles. The summed E-state index contributed by atoms with van der Waals surface area (Å²) in [5.41, 5.74) is 2.44. The molecule has 144 valence electrons. The number of methoxy groups -OCH3 is 1. The Balaban J connectivity index is 2.58. The van der Waals surface area contributed by atoms with Gasteiger partial charge in [-0.05, 0) is 32.8 Å². The molecule has 0 heterocycles. The summed E-state index contributed by atoms with van der Waals surface area (Å²) in [5, 5.41) is 2.44. The van der Waals surface area contributed by atoms with Gasteiger partial charge < -0.3 is 14.8 Å². The van der Waals surface area contributed by atoms with Crippen LogP contribution in [0.15, 0.2) is 30.3 Å². The molecule has 0 aliphatic rings. The van der Waals surface area contributed by atoms with Crippen molar-refractivity contribution in [3.8, 4) is 0 Å². The van der Waals surface area contributed by atoms with Crippen molar-refractivity contribution in [2.75, 3.05) is 7.11 Å². The number of nitrogens with one attached hydrogen (secondary N) is 2. The second kappa shape index (κ2) is 10.4. The van der Waals surface area contributed by atoms with E-state index in [2.05, 4.69) is 15.5 Å². The molecule has 8 nitrogen and oxygen atoms in total. The lowest BCUT2D eigenvalue weighted by Crippen LogP contribution is -2.48. The monoisotopic (exact) mass is 366 g/mol. The standard InChI is InChI=1S/C18H26N2O6/c1-18(2,3)26-17(23)19-14(10-11-15(21)24-4)16(22)20-25-12-13-8-6-5-7-9-13/h5-9,14H,10-12H2,1-4H3,(H,19,23)(H,20,22)/t14-/m0/s1. The minimum Gasteiger partial charge on any atom is -0.469 e. The molecule has 0 aliphatic heterocycles. The van der Waals surface area contributed by atoms with Gasteiger partial charge in [-0.1, -0.05) is 30.3 Å². The maximum atomic E-state index is 12.3. The number of esters is 1. The number of hydrogen-bond donors (Lipinski definition) is 2. The second-order valence-corrected chi connectivity index (χ2v) is 6.55. The van der Waals surface area contributed by atoms with Gasteiger partial charge in [-0.15, -0.1) is 0 Å². The Morgan fingerprint density at radius 3 is 2.35 bits per heavy atom. The van der Waals surface area contributed by atoms with Gasteiger partial charge >= 0.3 is 12.1 Å². The lowest BCUT2D eigenvalue weighted by molar-refractivity contribution is -0.141. The van der Waals surface area contributed by atoms with E-state index in [0.29, 0.717) is 0 Å².